The zero-order chi connectivity index (χ0) is 15.4. The molecule has 1 saturated heterocycles. The fourth-order valence-electron chi connectivity index (χ4n) is 2.41. The largest absolute Gasteiger partial charge is 0.336 e. The Balaban J connectivity index is 0.00000192. The molecule has 2 amide bonds. The number of carbonyl (C=O) groups excluding carboxylic acids is 2. The summed E-state index contributed by atoms with van der Waals surface area (Å²) < 4.78 is 0. The van der Waals surface area contributed by atoms with E-state index < -0.39 is 0 Å². The van der Waals surface area contributed by atoms with Gasteiger partial charge >= 0.3 is 0 Å². The number of para-hydroxylation sites is 1. The average Bonchev–Trinajstić information content (AvgIpc) is 3.10. The zero-order valence-electron chi connectivity index (χ0n) is 12.5. The molecule has 23 heavy (non-hydrogen) atoms. The molecule has 0 spiro atoms. The van der Waals surface area contributed by atoms with Gasteiger partial charge in [0.2, 0.25) is 0 Å². The van der Waals surface area contributed by atoms with Gasteiger partial charge in [0.1, 0.15) is 0 Å². The van der Waals surface area contributed by atoms with Crippen LogP contribution in [-0.4, -0.2) is 42.9 Å². The van der Waals surface area contributed by atoms with E-state index in [9.17, 15) is 9.59 Å². The lowest BCUT2D eigenvalue weighted by Crippen LogP contribution is -2.46. The average molecular weight is 352 g/mol. The van der Waals surface area contributed by atoms with Crippen LogP contribution in [0, 0.1) is 0 Å². The van der Waals surface area contributed by atoms with Crippen LogP contribution in [0.3, 0.4) is 0 Å². The molecular weight excluding hydrogens is 334 g/mol. The number of carbonyl (C=O) groups is 2. The monoisotopic (exact) mass is 351 g/mol. The predicted octanol–water partition coefficient (Wildman–Crippen LogP) is 2.47. The Kier molecular flexibility index (Phi) is 6.15. The molecule has 2 N–H and O–H groups in total. The first-order chi connectivity index (χ1) is 10.8. The number of halogens is 1. The number of piperazine rings is 1. The van der Waals surface area contributed by atoms with Crippen molar-refractivity contribution in [1.82, 2.24) is 10.2 Å². The molecular formula is C16H18ClN3O2S. The SMILES string of the molecule is Cl.O=C(Nc1ccccc1C(=O)N1CCNCC1)c1cccs1. The number of hydrogen-bond donors (Lipinski definition) is 2. The van der Waals surface area contributed by atoms with E-state index in [4.69, 9.17) is 0 Å². The molecule has 2 aromatic rings. The van der Waals surface area contributed by atoms with E-state index in [1.54, 1.807) is 18.2 Å². The van der Waals surface area contributed by atoms with Crippen molar-refractivity contribution in [1.29, 1.82) is 0 Å². The number of rotatable bonds is 3. The van der Waals surface area contributed by atoms with Gasteiger partial charge in [0.05, 0.1) is 16.1 Å². The Hall–Kier alpha value is -1.89. The zero-order valence-corrected chi connectivity index (χ0v) is 14.1. The van der Waals surface area contributed by atoms with Crippen molar-refractivity contribution in [3.8, 4) is 0 Å². The summed E-state index contributed by atoms with van der Waals surface area (Å²) in [6.45, 7) is 2.98. The van der Waals surface area contributed by atoms with Gasteiger partial charge in [-0.3, -0.25) is 9.59 Å². The smallest absolute Gasteiger partial charge is 0.265 e. The molecule has 1 aromatic carbocycles. The first-order valence-electron chi connectivity index (χ1n) is 7.19. The fraction of sp³-hybridized carbons (Fsp3) is 0.250. The Labute approximate surface area is 145 Å². The lowest BCUT2D eigenvalue weighted by atomic mass is 10.1. The molecule has 0 unspecified atom stereocenters. The molecule has 1 aliphatic heterocycles. The summed E-state index contributed by atoms with van der Waals surface area (Å²) >= 11 is 1.38. The molecule has 0 saturated carbocycles. The van der Waals surface area contributed by atoms with Crippen molar-refractivity contribution in [3.05, 3.63) is 52.2 Å². The van der Waals surface area contributed by atoms with Crippen LogP contribution in [0.1, 0.15) is 20.0 Å². The van der Waals surface area contributed by atoms with Crippen LogP contribution in [0.25, 0.3) is 0 Å². The van der Waals surface area contributed by atoms with E-state index in [2.05, 4.69) is 10.6 Å². The summed E-state index contributed by atoms with van der Waals surface area (Å²) in [4.78, 5) is 27.3. The van der Waals surface area contributed by atoms with Gasteiger partial charge in [-0.15, -0.1) is 23.7 Å². The third-order valence-electron chi connectivity index (χ3n) is 3.55. The maximum absolute atomic E-state index is 12.6. The minimum absolute atomic E-state index is 0. The minimum Gasteiger partial charge on any atom is -0.336 e. The van der Waals surface area contributed by atoms with Crippen LogP contribution in [0.5, 0.6) is 0 Å². The van der Waals surface area contributed by atoms with Crippen LogP contribution >= 0.6 is 23.7 Å². The molecule has 3 rings (SSSR count). The summed E-state index contributed by atoms with van der Waals surface area (Å²) in [6, 6.07) is 10.8. The van der Waals surface area contributed by atoms with E-state index in [0.717, 1.165) is 13.1 Å². The first kappa shape index (κ1) is 17.5. The topological polar surface area (TPSA) is 61.4 Å². The van der Waals surface area contributed by atoms with Crippen LogP contribution in [-0.2, 0) is 0 Å². The summed E-state index contributed by atoms with van der Waals surface area (Å²) in [5.41, 5.74) is 1.10. The van der Waals surface area contributed by atoms with Gasteiger partial charge in [-0.05, 0) is 23.6 Å². The summed E-state index contributed by atoms with van der Waals surface area (Å²) in [6.07, 6.45) is 0. The Morgan fingerprint density at radius 2 is 1.83 bits per heavy atom. The highest BCUT2D eigenvalue weighted by Crippen LogP contribution is 2.19. The van der Waals surface area contributed by atoms with Crippen molar-refractivity contribution in [2.75, 3.05) is 31.5 Å². The van der Waals surface area contributed by atoms with Crippen molar-refractivity contribution < 1.29 is 9.59 Å². The second kappa shape index (κ2) is 8.10. The van der Waals surface area contributed by atoms with E-state index in [1.807, 2.05) is 28.5 Å². The maximum atomic E-state index is 12.6. The molecule has 0 aliphatic carbocycles. The lowest BCUT2D eigenvalue weighted by Gasteiger charge is -2.28. The molecule has 0 bridgehead atoms. The van der Waals surface area contributed by atoms with Gasteiger partial charge in [-0.1, -0.05) is 18.2 Å². The quantitative estimate of drug-likeness (QED) is 0.893. The van der Waals surface area contributed by atoms with Crippen LogP contribution in [0.15, 0.2) is 41.8 Å². The Morgan fingerprint density at radius 1 is 1.09 bits per heavy atom. The van der Waals surface area contributed by atoms with E-state index in [0.29, 0.717) is 29.2 Å². The summed E-state index contributed by atoms with van der Waals surface area (Å²) in [5.74, 6) is -0.223. The van der Waals surface area contributed by atoms with E-state index in [-0.39, 0.29) is 24.2 Å². The Morgan fingerprint density at radius 3 is 2.52 bits per heavy atom. The van der Waals surface area contributed by atoms with Crippen LogP contribution in [0.4, 0.5) is 5.69 Å². The molecule has 5 nitrogen and oxygen atoms in total. The van der Waals surface area contributed by atoms with Crippen LogP contribution in [0.2, 0.25) is 0 Å². The molecule has 2 heterocycles. The number of amides is 2. The first-order valence-corrected chi connectivity index (χ1v) is 8.07. The summed E-state index contributed by atoms with van der Waals surface area (Å²) in [5, 5.41) is 7.92. The lowest BCUT2D eigenvalue weighted by molar-refractivity contribution is 0.0737. The second-order valence-electron chi connectivity index (χ2n) is 5.02. The van der Waals surface area contributed by atoms with Crippen molar-refractivity contribution in [2.45, 2.75) is 0 Å². The van der Waals surface area contributed by atoms with Crippen molar-refractivity contribution >= 4 is 41.2 Å². The van der Waals surface area contributed by atoms with Crippen LogP contribution < -0.4 is 10.6 Å². The predicted molar refractivity (Wildman–Crippen MR) is 94.7 cm³/mol. The molecule has 1 aromatic heterocycles. The molecule has 122 valence electrons. The number of hydrogen-bond acceptors (Lipinski definition) is 4. The number of nitrogens with zero attached hydrogens (tertiary/aromatic N) is 1. The molecule has 7 heteroatoms. The summed E-state index contributed by atoms with van der Waals surface area (Å²) in [7, 11) is 0. The van der Waals surface area contributed by atoms with E-state index in [1.165, 1.54) is 11.3 Å². The minimum atomic E-state index is -0.185. The number of nitrogens with one attached hydrogen (secondary N) is 2. The fourth-order valence-corrected chi connectivity index (χ4v) is 3.03. The normalized spacial score (nSPS) is 14.0. The standard InChI is InChI=1S/C16H17N3O2S.ClH/c20-15(14-6-3-11-22-14)18-13-5-2-1-4-12(13)16(21)19-9-7-17-8-10-19;/h1-6,11,17H,7-10H2,(H,18,20);1H. The highest BCUT2D eigenvalue weighted by molar-refractivity contribution is 7.12. The highest BCUT2D eigenvalue weighted by Gasteiger charge is 2.21. The van der Waals surface area contributed by atoms with Gasteiger partial charge < -0.3 is 15.5 Å². The molecule has 1 fully saturated rings. The van der Waals surface area contributed by atoms with Gasteiger partial charge in [0.25, 0.3) is 11.8 Å². The van der Waals surface area contributed by atoms with Gasteiger partial charge in [-0.2, -0.15) is 0 Å². The van der Waals surface area contributed by atoms with Gasteiger partial charge in [0.15, 0.2) is 0 Å². The van der Waals surface area contributed by atoms with Crippen molar-refractivity contribution in [2.24, 2.45) is 0 Å². The maximum Gasteiger partial charge on any atom is 0.265 e. The Bertz CT molecular complexity index is 670. The number of thiophene rings is 1. The van der Waals surface area contributed by atoms with Crippen molar-refractivity contribution in [3.63, 3.8) is 0 Å². The second-order valence-corrected chi connectivity index (χ2v) is 5.97. The highest BCUT2D eigenvalue weighted by atomic mass is 35.5. The van der Waals surface area contributed by atoms with E-state index >= 15 is 0 Å². The number of anilines is 1. The van der Waals surface area contributed by atoms with Gasteiger partial charge in [-0.25, -0.2) is 0 Å². The third kappa shape index (κ3) is 4.10. The molecule has 1 aliphatic rings. The third-order valence-corrected chi connectivity index (χ3v) is 4.42. The van der Waals surface area contributed by atoms with Gasteiger partial charge in [0, 0.05) is 26.2 Å². The number of benzene rings is 1. The molecule has 0 atom stereocenters. The molecule has 0 radical (unpaired) electrons.